The van der Waals surface area contributed by atoms with E-state index in [-0.39, 0.29) is 31.0 Å². The van der Waals surface area contributed by atoms with Crippen LogP contribution in [0.1, 0.15) is 35.8 Å². The largest absolute Gasteiger partial charge is 0.450 e. The topological polar surface area (TPSA) is 120 Å². The number of carbonyl (C=O) groups excluding carboxylic acids is 2. The number of carbonyl (C=O) groups is 2. The summed E-state index contributed by atoms with van der Waals surface area (Å²) in [6.45, 7) is 3.35. The second-order valence-corrected chi connectivity index (χ2v) is 12.4. The van der Waals surface area contributed by atoms with Crippen molar-refractivity contribution >= 4 is 50.1 Å². The van der Waals surface area contributed by atoms with Crippen molar-refractivity contribution in [2.45, 2.75) is 42.5 Å². The van der Waals surface area contributed by atoms with Gasteiger partial charge in [0.15, 0.2) is 0 Å². The quantitative estimate of drug-likeness (QED) is 0.544. The molecule has 192 valence electrons. The fourth-order valence-corrected chi connectivity index (χ4v) is 8.33. The third-order valence-corrected chi connectivity index (χ3v) is 10.5. The number of ether oxygens (including phenoxy) is 1. The molecular weight excluding hydrogens is 520 g/mol. The minimum atomic E-state index is -3.64. The van der Waals surface area contributed by atoms with Gasteiger partial charge in [-0.1, -0.05) is 12.1 Å². The van der Waals surface area contributed by atoms with Crippen LogP contribution in [0.5, 0.6) is 0 Å². The maximum absolute atomic E-state index is 13.2. The standard InChI is InChI=1S/C24H28N4O5S3/c1-3-33-24(30)27-11-10-17-18(14-25)23(35-20(17)15-27)26-22(29)16-8-12-28(13-9-16)36(31,32)21-7-5-4-6-19(21)34-2/h4-7,16H,3,8-13,15H2,1-2H3,(H,26,29). The number of benzene rings is 1. The highest BCUT2D eigenvalue weighted by molar-refractivity contribution is 7.99. The van der Waals surface area contributed by atoms with E-state index in [0.29, 0.717) is 59.3 Å². The zero-order chi connectivity index (χ0) is 25.9. The van der Waals surface area contributed by atoms with Gasteiger partial charge in [0, 0.05) is 35.3 Å². The van der Waals surface area contributed by atoms with Gasteiger partial charge in [-0.15, -0.1) is 23.1 Å². The molecule has 4 rings (SSSR count). The summed E-state index contributed by atoms with van der Waals surface area (Å²) in [5.74, 6) is -0.567. The maximum Gasteiger partial charge on any atom is 0.410 e. The van der Waals surface area contributed by atoms with Gasteiger partial charge in [-0.3, -0.25) is 4.79 Å². The molecule has 2 aliphatic rings. The highest BCUT2D eigenvalue weighted by Gasteiger charge is 2.34. The first-order chi connectivity index (χ1) is 17.3. The third-order valence-electron chi connectivity index (χ3n) is 6.44. The van der Waals surface area contributed by atoms with E-state index >= 15 is 0 Å². The first-order valence-electron chi connectivity index (χ1n) is 11.7. The molecule has 36 heavy (non-hydrogen) atoms. The summed E-state index contributed by atoms with van der Waals surface area (Å²) in [5.41, 5.74) is 1.31. The molecule has 0 atom stereocenters. The average molecular weight is 549 g/mol. The van der Waals surface area contributed by atoms with Gasteiger partial charge in [-0.2, -0.15) is 9.57 Å². The number of nitrogens with one attached hydrogen (secondary N) is 1. The molecule has 1 aromatic carbocycles. The highest BCUT2D eigenvalue weighted by Crippen LogP contribution is 2.37. The molecule has 0 aliphatic carbocycles. The molecular formula is C24H28N4O5S3. The molecule has 0 saturated carbocycles. The molecule has 2 amide bonds. The maximum atomic E-state index is 13.2. The third kappa shape index (κ3) is 5.25. The van der Waals surface area contributed by atoms with Gasteiger partial charge in [0.05, 0.1) is 23.6 Å². The predicted molar refractivity (Wildman–Crippen MR) is 139 cm³/mol. The van der Waals surface area contributed by atoms with Crippen LogP contribution in [0.4, 0.5) is 9.80 Å². The SMILES string of the molecule is CCOC(=O)N1CCc2c(sc(NC(=O)C3CCN(S(=O)(=O)c4ccccc4SC)CC3)c2C#N)C1. The molecule has 0 radical (unpaired) electrons. The van der Waals surface area contributed by atoms with Crippen LogP contribution < -0.4 is 5.32 Å². The number of hydrogen-bond donors (Lipinski definition) is 1. The molecule has 9 nitrogen and oxygen atoms in total. The number of sulfonamides is 1. The van der Waals surface area contributed by atoms with Crippen molar-refractivity contribution < 1.29 is 22.7 Å². The first-order valence-corrected chi connectivity index (χ1v) is 15.2. The lowest BCUT2D eigenvalue weighted by Crippen LogP contribution is -2.41. The molecule has 3 heterocycles. The number of nitrogens with zero attached hydrogens (tertiary/aromatic N) is 3. The Morgan fingerprint density at radius 1 is 1.25 bits per heavy atom. The lowest BCUT2D eigenvalue weighted by molar-refractivity contribution is -0.120. The van der Waals surface area contributed by atoms with Crippen LogP contribution in [0.25, 0.3) is 0 Å². The Morgan fingerprint density at radius 2 is 1.97 bits per heavy atom. The van der Waals surface area contributed by atoms with E-state index in [4.69, 9.17) is 4.74 Å². The average Bonchev–Trinajstić information content (AvgIpc) is 3.24. The highest BCUT2D eigenvalue weighted by atomic mass is 32.2. The summed E-state index contributed by atoms with van der Waals surface area (Å²) in [5, 5.41) is 13.1. The number of amides is 2. The van der Waals surface area contributed by atoms with Gasteiger partial charge in [-0.05, 0) is 50.1 Å². The smallest absolute Gasteiger partial charge is 0.410 e. The minimum Gasteiger partial charge on any atom is -0.450 e. The van der Waals surface area contributed by atoms with Crippen LogP contribution in [0.3, 0.4) is 0 Å². The molecule has 2 aromatic rings. The number of fused-ring (bicyclic) bond motifs is 1. The number of hydrogen-bond acceptors (Lipinski definition) is 8. The lowest BCUT2D eigenvalue weighted by Gasteiger charge is -2.30. The molecule has 12 heteroatoms. The zero-order valence-electron chi connectivity index (χ0n) is 20.2. The fraction of sp³-hybridized carbons (Fsp3) is 0.458. The summed E-state index contributed by atoms with van der Waals surface area (Å²) in [6.07, 6.45) is 2.78. The Kier molecular flexibility index (Phi) is 8.24. The van der Waals surface area contributed by atoms with E-state index < -0.39 is 10.0 Å². The monoisotopic (exact) mass is 548 g/mol. The molecule has 1 N–H and O–H groups in total. The number of piperidine rings is 1. The fourth-order valence-electron chi connectivity index (χ4n) is 4.52. The molecule has 0 spiro atoms. The first kappa shape index (κ1) is 26.5. The Balaban J connectivity index is 1.42. The zero-order valence-corrected chi connectivity index (χ0v) is 22.6. The van der Waals surface area contributed by atoms with Crippen molar-refractivity contribution in [2.24, 2.45) is 5.92 Å². The molecule has 2 aliphatic heterocycles. The van der Waals surface area contributed by atoms with E-state index in [2.05, 4.69) is 11.4 Å². The number of anilines is 1. The van der Waals surface area contributed by atoms with Crippen LogP contribution in [-0.4, -0.2) is 62.1 Å². The van der Waals surface area contributed by atoms with Gasteiger partial charge in [0.2, 0.25) is 15.9 Å². The summed E-state index contributed by atoms with van der Waals surface area (Å²) in [7, 11) is -3.64. The van der Waals surface area contributed by atoms with E-state index in [9.17, 15) is 23.3 Å². The van der Waals surface area contributed by atoms with E-state index in [0.717, 1.165) is 10.4 Å². The van der Waals surface area contributed by atoms with Crippen molar-refractivity contribution in [1.29, 1.82) is 5.26 Å². The summed E-state index contributed by atoms with van der Waals surface area (Å²) in [4.78, 5) is 28.6. The van der Waals surface area contributed by atoms with E-state index in [1.807, 2.05) is 12.3 Å². The number of thioether (sulfide) groups is 1. The van der Waals surface area contributed by atoms with Gasteiger partial charge in [-0.25, -0.2) is 13.2 Å². The second kappa shape index (κ2) is 11.2. The lowest BCUT2D eigenvalue weighted by atomic mass is 9.97. The van der Waals surface area contributed by atoms with Gasteiger partial charge in [0.1, 0.15) is 11.1 Å². The number of rotatable bonds is 6. The molecule has 0 unspecified atom stereocenters. The minimum absolute atomic E-state index is 0.214. The van der Waals surface area contributed by atoms with Crippen LogP contribution in [0.15, 0.2) is 34.1 Å². The Morgan fingerprint density at radius 3 is 2.64 bits per heavy atom. The van der Waals surface area contributed by atoms with Gasteiger partial charge < -0.3 is 15.0 Å². The van der Waals surface area contributed by atoms with Crippen molar-refractivity contribution in [3.05, 3.63) is 40.3 Å². The van der Waals surface area contributed by atoms with E-state index in [1.165, 1.54) is 27.4 Å². The Hall–Kier alpha value is -2.59. The van der Waals surface area contributed by atoms with Crippen LogP contribution >= 0.6 is 23.1 Å². The summed E-state index contributed by atoms with van der Waals surface area (Å²) in [6, 6.07) is 9.14. The summed E-state index contributed by atoms with van der Waals surface area (Å²) < 4.78 is 32.9. The second-order valence-electron chi connectivity index (χ2n) is 8.51. The number of nitriles is 1. The van der Waals surface area contributed by atoms with Crippen LogP contribution in [-0.2, 0) is 32.5 Å². The van der Waals surface area contributed by atoms with Crippen LogP contribution in [0.2, 0.25) is 0 Å². The molecule has 1 saturated heterocycles. The van der Waals surface area contributed by atoms with Crippen molar-refractivity contribution in [1.82, 2.24) is 9.21 Å². The van der Waals surface area contributed by atoms with Crippen LogP contribution in [0, 0.1) is 17.2 Å². The summed E-state index contributed by atoms with van der Waals surface area (Å²) >= 11 is 2.70. The van der Waals surface area contributed by atoms with E-state index in [1.54, 1.807) is 30.0 Å². The van der Waals surface area contributed by atoms with Crippen molar-refractivity contribution in [2.75, 3.05) is 37.8 Å². The predicted octanol–water partition coefficient (Wildman–Crippen LogP) is 3.90. The van der Waals surface area contributed by atoms with Crippen molar-refractivity contribution in [3.8, 4) is 6.07 Å². The Bertz CT molecular complexity index is 1290. The van der Waals surface area contributed by atoms with Gasteiger partial charge >= 0.3 is 6.09 Å². The van der Waals surface area contributed by atoms with Crippen molar-refractivity contribution in [3.63, 3.8) is 0 Å². The molecule has 1 fully saturated rings. The number of thiophene rings is 1. The van der Waals surface area contributed by atoms with Gasteiger partial charge in [0.25, 0.3) is 0 Å². The normalized spacial score (nSPS) is 16.8. The Labute approximate surface area is 219 Å². The molecule has 1 aromatic heterocycles. The molecule has 0 bridgehead atoms.